The van der Waals surface area contributed by atoms with Crippen LogP contribution in [-0.4, -0.2) is 40.6 Å². The summed E-state index contributed by atoms with van der Waals surface area (Å²) >= 11 is 1.61. The fourth-order valence-corrected chi connectivity index (χ4v) is 5.17. The van der Waals surface area contributed by atoms with Gasteiger partial charge in [-0.3, -0.25) is 14.2 Å². The van der Waals surface area contributed by atoms with E-state index in [0.29, 0.717) is 30.9 Å². The third kappa shape index (κ3) is 3.27. The van der Waals surface area contributed by atoms with Crippen molar-refractivity contribution >= 4 is 27.5 Å². The average molecular weight is 411 g/mol. The number of aryl methyl sites for hydroxylation is 2. The molecule has 5 rings (SSSR count). The van der Waals surface area contributed by atoms with Crippen LogP contribution >= 0.6 is 11.3 Å². The first kappa shape index (κ1) is 18.2. The van der Waals surface area contributed by atoms with Crippen LogP contribution in [0.1, 0.15) is 22.4 Å². The topological polar surface area (TPSA) is 73.7 Å². The van der Waals surface area contributed by atoms with E-state index in [1.807, 2.05) is 18.2 Å². The Kier molecular flexibility index (Phi) is 4.50. The van der Waals surface area contributed by atoms with E-state index in [1.165, 1.54) is 15.8 Å². The van der Waals surface area contributed by atoms with E-state index in [0.717, 1.165) is 41.0 Å². The van der Waals surface area contributed by atoms with Crippen molar-refractivity contribution in [3.05, 3.63) is 50.9 Å². The van der Waals surface area contributed by atoms with E-state index in [2.05, 4.69) is 4.98 Å². The molecule has 1 aliphatic carbocycles. The molecule has 3 aromatic rings. The van der Waals surface area contributed by atoms with Crippen LogP contribution in [0.25, 0.3) is 10.2 Å². The molecule has 0 fully saturated rings. The predicted octanol–water partition coefficient (Wildman–Crippen LogP) is 2.38. The molecule has 0 N–H and O–H groups in total. The van der Waals surface area contributed by atoms with Gasteiger partial charge in [-0.1, -0.05) is 6.07 Å². The Bertz CT molecular complexity index is 1170. The lowest BCUT2D eigenvalue weighted by Gasteiger charge is -2.21. The molecule has 0 unspecified atom stereocenters. The number of benzene rings is 1. The van der Waals surface area contributed by atoms with Crippen LogP contribution in [0, 0.1) is 0 Å². The molecular formula is C21H21N3O4S. The van der Waals surface area contributed by atoms with Crippen LogP contribution in [0.5, 0.6) is 11.5 Å². The van der Waals surface area contributed by atoms with E-state index in [1.54, 1.807) is 23.3 Å². The molecule has 3 heterocycles. The Labute approximate surface area is 171 Å². The number of aromatic nitrogens is 2. The lowest BCUT2D eigenvalue weighted by Crippen LogP contribution is -2.33. The molecule has 0 radical (unpaired) electrons. The number of likely N-dealkylation sites (N-methyl/N-ethyl adjacent to an activating group) is 1. The van der Waals surface area contributed by atoms with E-state index < -0.39 is 0 Å². The van der Waals surface area contributed by atoms with Crippen LogP contribution in [0.3, 0.4) is 0 Å². The van der Waals surface area contributed by atoms with Gasteiger partial charge in [0.15, 0.2) is 11.5 Å². The van der Waals surface area contributed by atoms with Gasteiger partial charge in [0, 0.05) is 18.5 Å². The van der Waals surface area contributed by atoms with Gasteiger partial charge in [-0.2, -0.15) is 0 Å². The third-order valence-corrected chi connectivity index (χ3v) is 6.65. The maximum absolute atomic E-state index is 13.0. The summed E-state index contributed by atoms with van der Waals surface area (Å²) in [6.45, 7) is 1.47. The summed E-state index contributed by atoms with van der Waals surface area (Å²) in [6.07, 6.45) is 4.52. The molecule has 0 atom stereocenters. The minimum atomic E-state index is -0.144. The van der Waals surface area contributed by atoms with Crippen LogP contribution in [0.15, 0.2) is 29.3 Å². The van der Waals surface area contributed by atoms with Crippen molar-refractivity contribution < 1.29 is 14.3 Å². The lowest BCUT2D eigenvalue weighted by molar-refractivity contribution is -0.131. The van der Waals surface area contributed by atoms with Gasteiger partial charge < -0.3 is 14.4 Å². The highest BCUT2D eigenvalue weighted by Crippen LogP contribution is 2.34. The van der Waals surface area contributed by atoms with E-state index >= 15 is 0 Å². The molecule has 150 valence electrons. The number of nitrogens with zero attached hydrogens (tertiary/aromatic N) is 3. The Balaban J connectivity index is 1.33. The zero-order valence-electron chi connectivity index (χ0n) is 16.1. The minimum Gasteiger partial charge on any atom is -0.486 e. The second-order valence-electron chi connectivity index (χ2n) is 7.44. The lowest BCUT2D eigenvalue weighted by atomic mass is 10.2. The molecule has 0 bridgehead atoms. The molecule has 29 heavy (non-hydrogen) atoms. The molecule has 2 aliphatic rings. The second-order valence-corrected chi connectivity index (χ2v) is 8.53. The molecule has 1 amide bonds. The molecule has 7 nitrogen and oxygen atoms in total. The van der Waals surface area contributed by atoms with Crippen molar-refractivity contribution in [1.82, 2.24) is 14.5 Å². The Morgan fingerprint density at radius 3 is 2.93 bits per heavy atom. The van der Waals surface area contributed by atoms with E-state index in [-0.39, 0.29) is 18.0 Å². The largest absolute Gasteiger partial charge is 0.486 e. The zero-order valence-corrected chi connectivity index (χ0v) is 17.0. The summed E-state index contributed by atoms with van der Waals surface area (Å²) in [5, 5.41) is 0.701. The first-order chi connectivity index (χ1) is 14.1. The normalized spacial score (nSPS) is 14.8. The highest BCUT2D eigenvalue weighted by Gasteiger charge is 2.22. The first-order valence-corrected chi connectivity index (χ1v) is 10.5. The van der Waals surface area contributed by atoms with Crippen molar-refractivity contribution in [3.8, 4) is 11.5 Å². The number of ether oxygens (including phenoxy) is 2. The van der Waals surface area contributed by atoms with E-state index in [9.17, 15) is 9.59 Å². The second kappa shape index (κ2) is 7.18. The Hall–Kier alpha value is -2.87. The molecular weight excluding hydrogens is 390 g/mol. The SMILES string of the molecule is CN(Cc1ccc2c(c1)OCCO2)C(=O)Cn1cnc2sc3c(c2c1=O)CCC3. The first-order valence-electron chi connectivity index (χ1n) is 9.72. The van der Waals surface area contributed by atoms with Crippen LogP contribution < -0.4 is 15.0 Å². The summed E-state index contributed by atoms with van der Waals surface area (Å²) < 4.78 is 12.6. The number of carbonyl (C=O) groups is 1. The zero-order chi connectivity index (χ0) is 20.0. The van der Waals surface area contributed by atoms with Crippen molar-refractivity contribution in [1.29, 1.82) is 0 Å². The van der Waals surface area contributed by atoms with Gasteiger partial charge in [-0.25, -0.2) is 4.98 Å². The van der Waals surface area contributed by atoms with Crippen molar-refractivity contribution in [2.24, 2.45) is 0 Å². The van der Waals surface area contributed by atoms with Crippen molar-refractivity contribution in [2.75, 3.05) is 20.3 Å². The molecule has 1 aromatic carbocycles. The molecule has 0 saturated heterocycles. The third-order valence-electron chi connectivity index (χ3n) is 5.45. The summed E-state index contributed by atoms with van der Waals surface area (Å²) in [7, 11) is 1.73. The van der Waals surface area contributed by atoms with Crippen molar-refractivity contribution in [2.45, 2.75) is 32.4 Å². The maximum Gasteiger partial charge on any atom is 0.262 e. The standard InChI is InChI=1S/C21H21N3O4S/c1-23(10-13-5-6-15-16(9-13)28-8-7-27-15)18(25)11-24-12-22-20-19(21(24)26)14-3-2-4-17(14)29-20/h5-6,9,12H,2-4,7-8,10-11H2,1H3. The summed E-state index contributed by atoms with van der Waals surface area (Å²) in [5.41, 5.74) is 1.96. The van der Waals surface area contributed by atoms with Gasteiger partial charge in [-0.15, -0.1) is 11.3 Å². The fraction of sp³-hybridized carbons (Fsp3) is 0.381. The average Bonchev–Trinajstić information content (AvgIpc) is 3.31. The number of rotatable bonds is 4. The van der Waals surface area contributed by atoms with Crippen LogP contribution in [-0.2, 0) is 30.7 Å². The fourth-order valence-electron chi connectivity index (χ4n) is 3.95. The predicted molar refractivity (Wildman–Crippen MR) is 110 cm³/mol. The van der Waals surface area contributed by atoms with Crippen molar-refractivity contribution in [3.63, 3.8) is 0 Å². The van der Waals surface area contributed by atoms with Crippen LogP contribution in [0.4, 0.5) is 0 Å². The summed E-state index contributed by atoms with van der Waals surface area (Å²) in [4.78, 5) is 33.8. The molecule has 0 saturated carbocycles. The minimum absolute atomic E-state index is 0.0204. The molecule has 1 aliphatic heterocycles. The smallest absolute Gasteiger partial charge is 0.262 e. The van der Waals surface area contributed by atoms with Gasteiger partial charge in [0.2, 0.25) is 5.91 Å². The Morgan fingerprint density at radius 1 is 1.24 bits per heavy atom. The molecule has 2 aromatic heterocycles. The van der Waals surface area contributed by atoms with Crippen LogP contribution in [0.2, 0.25) is 0 Å². The van der Waals surface area contributed by atoms with Gasteiger partial charge in [0.25, 0.3) is 5.56 Å². The summed E-state index contributed by atoms with van der Waals surface area (Å²) in [5.74, 6) is 1.28. The highest BCUT2D eigenvalue weighted by molar-refractivity contribution is 7.18. The highest BCUT2D eigenvalue weighted by atomic mass is 32.1. The van der Waals surface area contributed by atoms with Gasteiger partial charge in [0.1, 0.15) is 24.6 Å². The quantitative estimate of drug-likeness (QED) is 0.659. The summed E-state index contributed by atoms with van der Waals surface area (Å²) in [6, 6.07) is 5.68. The van der Waals surface area contributed by atoms with Gasteiger partial charge in [0.05, 0.1) is 11.7 Å². The van der Waals surface area contributed by atoms with Gasteiger partial charge in [-0.05, 0) is 42.5 Å². The number of fused-ring (bicyclic) bond motifs is 4. The van der Waals surface area contributed by atoms with E-state index in [4.69, 9.17) is 9.47 Å². The number of carbonyl (C=O) groups excluding carboxylic acids is 1. The number of hydrogen-bond donors (Lipinski definition) is 0. The number of hydrogen-bond acceptors (Lipinski definition) is 6. The Morgan fingerprint density at radius 2 is 2.07 bits per heavy atom. The van der Waals surface area contributed by atoms with Gasteiger partial charge >= 0.3 is 0 Å². The number of amides is 1. The maximum atomic E-state index is 13.0. The number of thiophene rings is 1. The molecule has 8 heteroatoms. The molecule has 0 spiro atoms. The monoisotopic (exact) mass is 411 g/mol.